The molecule has 0 aliphatic heterocycles. The first-order valence-electron chi connectivity index (χ1n) is 9.61. The largest absolute Gasteiger partial charge is 0.449 e. The van der Waals surface area contributed by atoms with Gasteiger partial charge in [-0.25, -0.2) is 4.79 Å². The van der Waals surface area contributed by atoms with Gasteiger partial charge in [0.25, 0.3) is 0 Å². The second-order valence-corrected chi connectivity index (χ2v) is 8.44. The first-order valence-corrected chi connectivity index (χ1v) is 9.61. The monoisotopic (exact) mass is 367 g/mol. The van der Waals surface area contributed by atoms with Crippen LogP contribution in [0.2, 0.25) is 0 Å². The zero-order valence-corrected chi connectivity index (χ0v) is 16.4. The van der Waals surface area contributed by atoms with Crippen molar-refractivity contribution < 1.29 is 14.6 Å². The van der Waals surface area contributed by atoms with E-state index in [1.54, 1.807) is 0 Å². The van der Waals surface area contributed by atoms with Crippen molar-refractivity contribution in [2.45, 2.75) is 45.6 Å². The molecule has 1 atom stereocenters. The van der Waals surface area contributed by atoms with E-state index in [9.17, 15) is 9.90 Å². The molecular formula is C23H29NO3. The second-order valence-electron chi connectivity index (χ2n) is 8.44. The Morgan fingerprint density at radius 2 is 1.63 bits per heavy atom. The number of ether oxygens (including phenoxy) is 1. The number of amides is 1. The second kappa shape index (κ2) is 8.13. The lowest BCUT2D eigenvalue weighted by Crippen LogP contribution is -2.39. The molecule has 0 bridgehead atoms. The maximum Gasteiger partial charge on any atom is 0.407 e. The summed E-state index contributed by atoms with van der Waals surface area (Å²) in [6, 6.07) is 16.5. The molecule has 0 spiro atoms. The number of alkyl carbamates (subject to hydrolysis) is 1. The predicted octanol–water partition coefficient (Wildman–Crippen LogP) is 4.71. The van der Waals surface area contributed by atoms with Gasteiger partial charge in [0.1, 0.15) is 6.61 Å². The molecule has 2 N–H and O–H groups in total. The van der Waals surface area contributed by atoms with Crippen molar-refractivity contribution in [2.75, 3.05) is 13.2 Å². The molecular weight excluding hydrogens is 338 g/mol. The van der Waals surface area contributed by atoms with Crippen LogP contribution in [-0.2, 0) is 4.74 Å². The van der Waals surface area contributed by atoms with Gasteiger partial charge >= 0.3 is 6.09 Å². The van der Waals surface area contributed by atoms with Crippen LogP contribution in [0.1, 0.15) is 50.7 Å². The number of aliphatic hydroxyl groups is 1. The van der Waals surface area contributed by atoms with E-state index in [4.69, 9.17) is 4.74 Å². The van der Waals surface area contributed by atoms with E-state index in [1.165, 1.54) is 22.3 Å². The van der Waals surface area contributed by atoms with Crippen LogP contribution in [-0.4, -0.2) is 30.5 Å². The van der Waals surface area contributed by atoms with E-state index in [0.29, 0.717) is 13.0 Å². The summed E-state index contributed by atoms with van der Waals surface area (Å²) in [5, 5.41) is 12.2. The summed E-state index contributed by atoms with van der Waals surface area (Å²) in [7, 11) is 0. The van der Waals surface area contributed by atoms with Gasteiger partial charge in [0.15, 0.2) is 0 Å². The number of hydrogen-bond donors (Lipinski definition) is 2. The zero-order valence-electron chi connectivity index (χ0n) is 16.4. The summed E-state index contributed by atoms with van der Waals surface area (Å²) in [5.41, 5.74) is 4.90. The van der Waals surface area contributed by atoms with E-state index in [0.717, 1.165) is 6.42 Å². The number of carbonyl (C=O) groups excluding carboxylic acids is 1. The number of rotatable bonds is 6. The summed E-state index contributed by atoms with van der Waals surface area (Å²) < 4.78 is 5.60. The fraction of sp³-hybridized carbons (Fsp3) is 0.435. The van der Waals surface area contributed by atoms with E-state index < -0.39 is 6.09 Å². The van der Waals surface area contributed by atoms with Crippen LogP contribution in [0.4, 0.5) is 4.79 Å². The predicted molar refractivity (Wildman–Crippen MR) is 108 cm³/mol. The molecule has 0 aromatic heterocycles. The topological polar surface area (TPSA) is 58.6 Å². The third kappa shape index (κ3) is 4.69. The van der Waals surface area contributed by atoms with Gasteiger partial charge in [0.2, 0.25) is 0 Å². The summed E-state index contributed by atoms with van der Waals surface area (Å²) in [6.07, 6.45) is 0.902. The highest BCUT2D eigenvalue weighted by Crippen LogP contribution is 2.44. The molecule has 0 fully saturated rings. The van der Waals surface area contributed by atoms with Crippen LogP contribution in [0.25, 0.3) is 11.1 Å². The average Bonchev–Trinajstić information content (AvgIpc) is 2.93. The molecule has 144 valence electrons. The molecule has 4 nitrogen and oxygen atoms in total. The first-order chi connectivity index (χ1) is 12.9. The Morgan fingerprint density at radius 1 is 1.07 bits per heavy atom. The van der Waals surface area contributed by atoms with Gasteiger partial charge in [-0.2, -0.15) is 0 Å². The van der Waals surface area contributed by atoms with Crippen LogP contribution >= 0.6 is 0 Å². The van der Waals surface area contributed by atoms with Crippen LogP contribution < -0.4 is 5.32 Å². The highest BCUT2D eigenvalue weighted by atomic mass is 16.5. The lowest BCUT2D eigenvalue weighted by atomic mass is 9.87. The molecule has 3 rings (SSSR count). The molecule has 1 unspecified atom stereocenters. The number of benzene rings is 2. The van der Waals surface area contributed by atoms with Crippen LogP contribution in [0.15, 0.2) is 48.5 Å². The van der Waals surface area contributed by atoms with Crippen molar-refractivity contribution in [3.8, 4) is 11.1 Å². The fourth-order valence-electron chi connectivity index (χ4n) is 3.93. The Kier molecular flexibility index (Phi) is 5.85. The summed E-state index contributed by atoms with van der Waals surface area (Å²) >= 11 is 0. The highest BCUT2D eigenvalue weighted by molar-refractivity contribution is 5.79. The van der Waals surface area contributed by atoms with Crippen molar-refractivity contribution in [3.05, 3.63) is 59.7 Å². The van der Waals surface area contributed by atoms with Crippen molar-refractivity contribution >= 4 is 6.09 Å². The van der Waals surface area contributed by atoms with Crippen LogP contribution in [0, 0.1) is 5.41 Å². The van der Waals surface area contributed by atoms with Crippen LogP contribution in [0.3, 0.4) is 0 Å². The summed E-state index contributed by atoms with van der Waals surface area (Å²) in [5.74, 6) is 0.0575. The zero-order chi connectivity index (χ0) is 19.4. The Hall–Kier alpha value is -2.33. The Bertz CT molecular complexity index is 749. The van der Waals surface area contributed by atoms with Gasteiger partial charge in [-0.05, 0) is 40.5 Å². The van der Waals surface area contributed by atoms with Gasteiger partial charge in [-0.15, -0.1) is 0 Å². The molecule has 1 aliphatic rings. The smallest absolute Gasteiger partial charge is 0.407 e. The fourth-order valence-corrected chi connectivity index (χ4v) is 3.93. The van der Waals surface area contributed by atoms with E-state index >= 15 is 0 Å². The third-order valence-electron chi connectivity index (χ3n) is 5.00. The van der Waals surface area contributed by atoms with Crippen molar-refractivity contribution in [2.24, 2.45) is 5.41 Å². The Labute approximate surface area is 161 Å². The molecule has 27 heavy (non-hydrogen) atoms. The quantitative estimate of drug-likeness (QED) is 0.777. The maximum atomic E-state index is 12.4. The standard InChI is InChI=1S/C23H29NO3/c1-23(2,3)14-16(12-13-25)24-22(26)27-15-21-19-10-6-4-8-17(19)18-9-5-7-11-20(18)21/h4-11,16,21,25H,12-15H2,1-3H3,(H,24,26). The molecule has 0 heterocycles. The maximum absolute atomic E-state index is 12.4. The van der Waals surface area contributed by atoms with Crippen molar-refractivity contribution in [3.63, 3.8) is 0 Å². The van der Waals surface area contributed by atoms with E-state index in [-0.39, 0.29) is 24.0 Å². The van der Waals surface area contributed by atoms with Gasteiger partial charge in [0.05, 0.1) is 0 Å². The number of aliphatic hydroxyl groups excluding tert-OH is 1. The number of fused-ring (bicyclic) bond motifs is 3. The minimum atomic E-state index is -0.417. The molecule has 0 saturated carbocycles. The Balaban J connectivity index is 1.67. The summed E-state index contributed by atoms with van der Waals surface area (Å²) in [6.45, 7) is 6.72. The van der Waals surface area contributed by atoms with Crippen LogP contribution in [0.5, 0.6) is 0 Å². The number of carbonyl (C=O) groups is 1. The van der Waals surface area contributed by atoms with Gasteiger partial charge in [-0.1, -0.05) is 69.3 Å². The van der Waals surface area contributed by atoms with E-state index in [1.807, 2.05) is 24.3 Å². The molecule has 1 aliphatic carbocycles. The minimum Gasteiger partial charge on any atom is -0.449 e. The summed E-state index contributed by atoms with van der Waals surface area (Å²) in [4.78, 5) is 12.4. The Morgan fingerprint density at radius 3 is 2.15 bits per heavy atom. The van der Waals surface area contributed by atoms with E-state index in [2.05, 4.69) is 50.4 Å². The normalized spacial score (nSPS) is 14.4. The molecule has 1 amide bonds. The molecule has 2 aromatic rings. The first kappa shape index (κ1) is 19.4. The minimum absolute atomic E-state index is 0.0460. The molecule has 4 heteroatoms. The molecule has 0 saturated heterocycles. The number of hydrogen-bond acceptors (Lipinski definition) is 3. The van der Waals surface area contributed by atoms with Gasteiger partial charge in [-0.3, -0.25) is 0 Å². The van der Waals surface area contributed by atoms with Gasteiger partial charge < -0.3 is 15.2 Å². The third-order valence-corrected chi connectivity index (χ3v) is 5.00. The van der Waals surface area contributed by atoms with Gasteiger partial charge in [0, 0.05) is 18.6 Å². The molecule has 2 aromatic carbocycles. The van der Waals surface area contributed by atoms with Crippen molar-refractivity contribution in [1.29, 1.82) is 0 Å². The average molecular weight is 367 g/mol. The molecule has 0 radical (unpaired) electrons. The number of nitrogens with one attached hydrogen (secondary N) is 1. The lowest BCUT2D eigenvalue weighted by Gasteiger charge is -2.26. The lowest BCUT2D eigenvalue weighted by molar-refractivity contribution is 0.132. The van der Waals surface area contributed by atoms with Crippen molar-refractivity contribution in [1.82, 2.24) is 5.32 Å². The SMILES string of the molecule is CC(C)(C)CC(CCO)NC(=O)OCC1c2ccccc2-c2ccccc21. The highest BCUT2D eigenvalue weighted by Gasteiger charge is 2.29.